The first-order chi connectivity index (χ1) is 15.6. The van der Waals surface area contributed by atoms with E-state index in [9.17, 15) is 27.7 Å². The van der Waals surface area contributed by atoms with Gasteiger partial charge in [0.25, 0.3) is 5.69 Å². The van der Waals surface area contributed by atoms with Crippen molar-refractivity contribution < 1.29 is 22.5 Å². The second-order valence-electron chi connectivity index (χ2n) is 7.16. The number of hydrogen-bond acceptors (Lipinski definition) is 5. The number of rotatable bonds is 8. The van der Waals surface area contributed by atoms with Gasteiger partial charge in [-0.15, -0.1) is 0 Å². The predicted molar refractivity (Wildman–Crippen MR) is 122 cm³/mol. The van der Waals surface area contributed by atoms with E-state index in [1.165, 1.54) is 66.7 Å². The van der Waals surface area contributed by atoms with Crippen LogP contribution in [-0.4, -0.2) is 30.1 Å². The quantitative estimate of drug-likeness (QED) is 0.368. The molecule has 1 N–H and O–H groups in total. The average Bonchev–Trinajstić information content (AvgIpc) is 2.76. The van der Waals surface area contributed by atoms with Crippen molar-refractivity contribution in [3.8, 4) is 0 Å². The third kappa shape index (κ3) is 6.13. The van der Waals surface area contributed by atoms with Gasteiger partial charge in [0.15, 0.2) is 0 Å². The Morgan fingerprint density at radius 1 is 1.09 bits per heavy atom. The number of nitro benzene ring substituents is 1. The van der Waals surface area contributed by atoms with Crippen LogP contribution >= 0.6 is 11.6 Å². The van der Waals surface area contributed by atoms with Crippen molar-refractivity contribution in [3.05, 3.63) is 98.8 Å². The SMILES string of the molecule is Cc1ccc([N+](=O)[O-])cc1NC(=O)CN(Cc1ccc(F)cc1)S(=O)(=O)c1ccc(Cl)cc1. The lowest BCUT2D eigenvalue weighted by Crippen LogP contribution is -2.37. The van der Waals surface area contributed by atoms with Crippen LogP contribution in [-0.2, 0) is 21.4 Å². The molecule has 0 aliphatic carbocycles. The molecule has 8 nitrogen and oxygen atoms in total. The van der Waals surface area contributed by atoms with Crippen LogP contribution in [0, 0.1) is 22.9 Å². The van der Waals surface area contributed by atoms with E-state index in [0.717, 1.165) is 4.31 Å². The van der Waals surface area contributed by atoms with Crippen LogP contribution in [0.15, 0.2) is 71.6 Å². The summed E-state index contributed by atoms with van der Waals surface area (Å²) in [6, 6.07) is 14.7. The fraction of sp³-hybridized carbons (Fsp3) is 0.136. The number of non-ortho nitro benzene ring substituents is 1. The molecule has 0 bridgehead atoms. The molecule has 33 heavy (non-hydrogen) atoms. The zero-order valence-electron chi connectivity index (χ0n) is 17.4. The van der Waals surface area contributed by atoms with Crippen molar-refractivity contribution in [2.45, 2.75) is 18.4 Å². The monoisotopic (exact) mass is 491 g/mol. The van der Waals surface area contributed by atoms with Gasteiger partial charge >= 0.3 is 0 Å². The van der Waals surface area contributed by atoms with E-state index in [-0.39, 0.29) is 22.8 Å². The molecule has 0 heterocycles. The zero-order valence-corrected chi connectivity index (χ0v) is 18.9. The van der Waals surface area contributed by atoms with E-state index in [4.69, 9.17) is 11.6 Å². The summed E-state index contributed by atoms with van der Waals surface area (Å²) in [5.74, 6) is -1.18. The van der Waals surface area contributed by atoms with E-state index in [0.29, 0.717) is 16.1 Å². The first-order valence-corrected chi connectivity index (χ1v) is 11.4. The molecule has 0 atom stereocenters. The molecular weight excluding hydrogens is 473 g/mol. The Labute approximate surface area is 194 Å². The molecule has 3 aromatic rings. The van der Waals surface area contributed by atoms with Gasteiger partial charge < -0.3 is 5.32 Å². The molecule has 0 aromatic heterocycles. The first-order valence-electron chi connectivity index (χ1n) is 9.61. The van der Waals surface area contributed by atoms with Gasteiger partial charge in [-0.25, -0.2) is 12.8 Å². The number of nitrogens with zero attached hydrogens (tertiary/aromatic N) is 2. The summed E-state index contributed by atoms with van der Waals surface area (Å²) in [4.78, 5) is 23.1. The van der Waals surface area contributed by atoms with Gasteiger partial charge in [-0.3, -0.25) is 14.9 Å². The minimum atomic E-state index is -4.13. The van der Waals surface area contributed by atoms with E-state index in [1.54, 1.807) is 6.92 Å². The van der Waals surface area contributed by atoms with Crippen molar-refractivity contribution in [2.75, 3.05) is 11.9 Å². The fourth-order valence-corrected chi connectivity index (χ4v) is 4.49. The van der Waals surface area contributed by atoms with Crippen LogP contribution in [0.1, 0.15) is 11.1 Å². The zero-order chi connectivity index (χ0) is 24.2. The van der Waals surface area contributed by atoms with Crippen molar-refractivity contribution in [3.63, 3.8) is 0 Å². The topological polar surface area (TPSA) is 110 Å². The molecular formula is C22H19ClFN3O5S. The second kappa shape index (κ2) is 10.1. The van der Waals surface area contributed by atoms with Crippen LogP contribution in [0.5, 0.6) is 0 Å². The molecule has 0 aliphatic heterocycles. The number of aryl methyl sites for hydroxylation is 1. The summed E-state index contributed by atoms with van der Waals surface area (Å²) in [5.41, 5.74) is 1.01. The van der Waals surface area contributed by atoms with E-state index in [2.05, 4.69) is 5.32 Å². The number of nitro groups is 1. The second-order valence-corrected chi connectivity index (χ2v) is 9.53. The van der Waals surface area contributed by atoms with Gasteiger partial charge in [0.05, 0.1) is 22.1 Å². The van der Waals surface area contributed by atoms with Crippen LogP contribution < -0.4 is 5.32 Å². The van der Waals surface area contributed by atoms with E-state index in [1.807, 2.05) is 0 Å². The normalized spacial score (nSPS) is 11.4. The van der Waals surface area contributed by atoms with Crippen LogP contribution in [0.2, 0.25) is 5.02 Å². The molecule has 11 heteroatoms. The number of carbonyl (C=O) groups is 1. The summed E-state index contributed by atoms with van der Waals surface area (Å²) in [5, 5.41) is 13.9. The van der Waals surface area contributed by atoms with Crippen molar-refractivity contribution in [2.24, 2.45) is 0 Å². The van der Waals surface area contributed by atoms with Crippen molar-refractivity contribution >= 4 is 38.9 Å². The maximum absolute atomic E-state index is 13.3. The Morgan fingerprint density at radius 2 is 1.73 bits per heavy atom. The smallest absolute Gasteiger partial charge is 0.271 e. The lowest BCUT2D eigenvalue weighted by Gasteiger charge is -2.22. The van der Waals surface area contributed by atoms with Gasteiger partial charge in [0.2, 0.25) is 15.9 Å². The number of hydrogen-bond donors (Lipinski definition) is 1. The Hall–Kier alpha value is -3.34. The lowest BCUT2D eigenvalue weighted by atomic mass is 10.2. The highest BCUT2D eigenvalue weighted by molar-refractivity contribution is 7.89. The number of carbonyl (C=O) groups excluding carboxylic acids is 1. The molecule has 3 aromatic carbocycles. The van der Waals surface area contributed by atoms with Gasteiger partial charge in [0, 0.05) is 23.7 Å². The molecule has 0 radical (unpaired) electrons. The lowest BCUT2D eigenvalue weighted by molar-refractivity contribution is -0.384. The van der Waals surface area contributed by atoms with Crippen molar-refractivity contribution in [1.82, 2.24) is 4.31 Å². The van der Waals surface area contributed by atoms with Crippen LogP contribution in [0.25, 0.3) is 0 Å². The summed E-state index contributed by atoms with van der Waals surface area (Å²) < 4.78 is 40.7. The largest absolute Gasteiger partial charge is 0.324 e. The first kappa shape index (κ1) is 24.3. The minimum absolute atomic E-state index is 0.0756. The summed E-state index contributed by atoms with van der Waals surface area (Å²) in [7, 11) is -4.13. The molecule has 172 valence electrons. The van der Waals surface area contributed by atoms with Crippen LogP contribution in [0.4, 0.5) is 15.8 Å². The number of amides is 1. The highest BCUT2D eigenvalue weighted by Crippen LogP contribution is 2.23. The average molecular weight is 492 g/mol. The molecule has 3 rings (SSSR count). The molecule has 0 saturated carbocycles. The van der Waals surface area contributed by atoms with Gasteiger partial charge in [-0.1, -0.05) is 29.8 Å². The Bertz CT molecular complexity index is 1280. The third-order valence-electron chi connectivity index (χ3n) is 4.75. The van der Waals surface area contributed by atoms with Crippen LogP contribution in [0.3, 0.4) is 0 Å². The molecule has 0 unspecified atom stereocenters. The highest BCUT2D eigenvalue weighted by Gasteiger charge is 2.27. The third-order valence-corrected chi connectivity index (χ3v) is 6.81. The predicted octanol–water partition coefficient (Wildman–Crippen LogP) is 4.53. The summed E-state index contributed by atoms with van der Waals surface area (Å²) in [6.07, 6.45) is 0. The Kier molecular flexibility index (Phi) is 7.42. The summed E-state index contributed by atoms with van der Waals surface area (Å²) in [6.45, 7) is 0.872. The number of sulfonamides is 1. The highest BCUT2D eigenvalue weighted by atomic mass is 35.5. The standard InChI is InChI=1S/C22H19ClFN3O5S/c1-15-2-9-19(27(29)30)12-21(15)25-22(28)14-26(13-16-3-7-18(24)8-4-16)33(31,32)20-10-5-17(23)6-11-20/h2-12H,13-14H2,1H3,(H,25,28). The molecule has 1 amide bonds. The minimum Gasteiger partial charge on any atom is -0.324 e. The van der Waals surface area contributed by atoms with E-state index < -0.39 is 33.2 Å². The number of benzene rings is 3. The summed E-state index contributed by atoms with van der Waals surface area (Å²) >= 11 is 5.85. The molecule has 0 aliphatic rings. The van der Waals surface area contributed by atoms with Crippen molar-refractivity contribution in [1.29, 1.82) is 0 Å². The van der Waals surface area contributed by atoms with E-state index >= 15 is 0 Å². The Morgan fingerprint density at radius 3 is 2.33 bits per heavy atom. The van der Waals surface area contributed by atoms with Gasteiger partial charge in [-0.05, 0) is 54.4 Å². The van der Waals surface area contributed by atoms with Gasteiger partial charge in [0.1, 0.15) is 5.82 Å². The number of halogens is 2. The molecule has 0 fully saturated rings. The number of nitrogens with one attached hydrogen (secondary N) is 1. The Balaban J connectivity index is 1.90. The molecule has 0 saturated heterocycles. The number of anilines is 1. The molecule has 0 spiro atoms. The fourth-order valence-electron chi connectivity index (χ4n) is 2.98. The maximum atomic E-state index is 13.3. The van der Waals surface area contributed by atoms with Gasteiger partial charge in [-0.2, -0.15) is 4.31 Å². The maximum Gasteiger partial charge on any atom is 0.271 e.